The number of hydrogen-bond acceptors (Lipinski definition) is 3. The van der Waals surface area contributed by atoms with Gasteiger partial charge in [-0.3, -0.25) is 0 Å². The van der Waals surface area contributed by atoms with Gasteiger partial charge in [0.05, 0.1) is 18.8 Å². The first-order valence-corrected chi connectivity index (χ1v) is 6.42. The Morgan fingerprint density at radius 3 is 2.94 bits per heavy atom. The molecular formula is C14H19NO2. The minimum atomic E-state index is -0.294. The maximum absolute atomic E-state index is 9.80. The molecule has 3 rings (SSSR count). The highest BCUT2D eigenvalue weighted by molar-refractivity contribution is 5.41. The number of aliphatic hydroxyl groups is 1. The Balaban J connectivity index is 1.87. The molecule has 0 spiro atoms. The van der Waals surface area contributed by atoms with Gasteiger partial charge in [-0.2, -0.15) is 0 Å². The van der Waals surface area contributed by atoms with E-state index in [4.69, 9.17) is 4.74 Å². The molecule has 3 heteroatoms. The lowest BCUT2D eigenvalue weighted by Crippen LogP contribution is -2.49. The largest absolute Gasteiger partial charge is 0.493 e. The van der Waals surface area contributed by atoms with Crippen molar-refractivity contribution in [3.63, 3.8) is 0 Å². The van der Waals surface area contributed by atoms with E-state index in [1.807, 2.05) is 18.2 Å². The van der Waals surface area contributed by atoms with Crippen molar-refractivity contribution in [1.82, 2.24) is 5.32 Å². The molecule has 17 heavy (non-hydrogen) atoms. The van der Waals surface area contributed by atoms with Crippen molar-refractivity contribution in [2.45, 2.75) is 24.8 Å². The van der Waals surface area contributed by atoms with Gasteiger partial charge in [-0.1, -0.05) is 18.2 Å². The molecule has 1 atom stereocenters. The van der Waals surface area contributed by atoms with E-state index in [0.29, 0.717) is 6.61 Å². The highest BCUT2D eigenvalue weighted by atomic mass is 16.5. The van der Waals surface area contributed by atoms with Crippen LogP contribution >= 0.6 is 0 Å². The van der Waals surface area contributed by atoms with Gasteiger partial charge in [0, 0.05) is 12.0 Å². The van der Waals surface area contributed by atoms with E-state index in [1.54, 1.807) is 0 Å². The maximum Gasteiger partial charge on any atom is 0.124 e. The molecule has 1 heterocycles. The lowest BCUT2D eigenvalue weighted by Gasteiger charge is -2.38. The Bertz CT molecular complexity index is 403. The molecule has 1 aliphatic carbocycles. The summed E-state index contributed by atoms with van der Waals surface area (Å²) in [5.74, 6) is 1.73. The van der Waals surface area contributed by atoms with Gasteiger partial charge in [0.15, 0.2) is 0 Å². The molecule has 1 unspecified atom stereocenters. The van der Waals surface area contributed by atoms with E-state index < -0.39 is 0 Å². The van der Waals surface area contributed by atoms with E-state index in [9.17, 15) is 5.11 Å². The Labute approximate surface area is 102 Å². The third-order valence-corrected chi connectivity index (χ3v) is 3.89. The molecule has 1 aromatic carbocycles. The van der Waals surface area contributed by atoms with E-state index in [1.165, 1.54) is 12.8 Å². The second-order valence-corrected chi connectivity index (χ2v) is 5.16. The molecule has 0 radical (unpaired) electrons. The van der Waals surface area contributed by atoms with Crippen LogP contribution in [0.3, 0.4) is 0 Å². The van der Waals surface area contributed by atoms with Gasteiger partial charge in [-0.05, 0) is 31.4 Å². The summed E-state index contributed by atoms with van der Waals surface area (Å²) in [6.45, 7) is 1.82. The van der Waals surface area contributed by atoms with Crippen LogP contribution in [0.4, 0.5) is 0 Å². The standard InChI is InChI=1S/C14H19NO2/c16-10-14(15-9-11-5-6-11)7-8-17-13-4-2-1-3-12(13)14/h1-4,11,15-16H,5-10H2. The van der Waals surface area contributed by atoms with Crippen LogP contribution in [0, 0.1) is 5.92 Å². The van der Waals surface area contributed by atoms with Gasteiger partial charge in [0.25, 0.3) is 0 Å². The summed E-state index contributed by atoms with van der Waals surface area (Å²) in [5, 5.41) is 13.4. The lowest BCUT2D eigenvalue weighted by atomic mass is 9.85. The molecular weight excluding hydrogens is 214 g/mol. The number of fused-ring (bicyclic) bond motifs is 1. The van der Waals surface area contributed by atoms with Gasteiger partial charge in [-0.25, -0.2) is 0 Å². The SMILES string of the molecule is OCC1(NCC2CC2)CCOc2ccccc21. The monoisotopic (exact) mass is 233 g/mol. The van der Waals surface area contributed by atoms with Crippen molar-refractivity contribution >= 4 is 0 Å². The summed E-state index contributed by atoms with van der Waals surface area (Å²) >= 11 is 0. The Morgan fingerprint density at radius 2 is 2.18 bits per heavy atom. The average molecular weight is 233 g/mol. The number of nitrogens with one attached hydrogen (secondary N) is 1. The third kappa shape index (κ3) is 2.05. The van der Waals surface area contributed by atoms with Gasteiger partial charge in [0.1, 0.15) is 5.75 Å². The Kier molecular flexibility index (Phi) is 2.81. The summed E-state index contributed by atoms with van der Waals surface area (Å²) in [6, 6.07) is 8.03. The van der Waals surface area contributed by atoms with Crippen LogP contribution in [0.2, 0.25) is 0 Å². The lowest BCUT2D eigenvalue weighted by molar-refractivity contribution is 0.106. The topological polar surface area (TPSA) is 41.5 Å². The van der Waals surface area contributed by atoms with Crippen LogP contribution in [0.25, 0.3) is 0 Å². The molecule has 0 bridgehead atoms. The molecule has 1 fully saturated rings. The first-order chi connectivity index (χ1) is 8.34. The smallest absolute Gasteiger partial charge is 0.124 e. The molecule has 1 aliphatic heterocycles. The zero-order chi connectivity index (χ0) is 11.7. The van der Waals surface area contributed by atoms with Crippen LogP contribution in [0.5, 0.6) is 5.75 Å². The fraction of sp³-hybridized carbons (Fsp3) is 0.571. The molecule has 2 N–H and O–H groups in total. The Morgan fingerprint density at radius 1 is 1.35 bits per heavy atom. The summed E-state index contributed by atoms with van der Waals surface area (Å²) in [5.41, 5.74) is 0.812. The van der Waals surface area contributed by atoms with Crippen molar-refractivity contribution in [2.24, 2.45) is 5.92 Å². The summed E-state index contributed by atoms with van der Waals surface area (Å²) < 4.78 is 5.65. The molecule has 0 aromatic heterocycles. The highest BCUT2D eigenvalue weighted by Crippen LogP contribution is 2.37. The Hall–Kier alpha value is -1.06. The minimum Gasteiger partial charge on any atom is -0.493 e. The fourth-order valence-corrected chi connectivity index (χ4v) is 2.52. The third-order valence-electron chi connectivity index (χ3n) is 3.89. The molecule has 3 nitrogen and oxygen atoms in total. The molecule has 92 valence electrons. The zero-order valence-electron chi connectivity index (χ0n) is 9.98. The quantitative estimate of drug-likeness (QED) is 0.831. The number of hydrogen-bond donors (Lipinski definition) is 2. The number of rotatable bonds is 4. The normalized spacial score (nSPS) is 27.4. The average Bonchev–Trinajstić information content (AvgIpc) is 3.20. The van der Waals surface area contributed by atoms with Crippen molar-refractivity contribution in [3.05, 3.63) is 29.8 Å². The molecule has 0 amide bonds. The fourth-order valence-electron chi connectivity index (χ4n) is 2.52. The first kappa shape index (κ1) is 11.1. The van der Waals surface area contributed by atoms with Crippen LogP contribution in [0.1, 0.15) is 24.8 Å². The second kappa shape index (κ2) is 4.31. The summed E-state index contributed by atoms with van der Waals surface area (Å²) in [7, 11) is 0. The zero-order valence-corrected chi connectivity index (χ0v) is 9.98. The van der Waals surface area contributed by atoms with Crippen molar-refractivity contribution in [3.8, 4) is 5.75 Å². The highest BCUT2D eigenvalue weighted by Gasteiger charge is 2.38. The van der Waals surface area contributed by atoms with Gasteiger partial charge in [-0.15, -0.1) is 0 Å². The molecule has 0 saturated heterocycles. The predicted molar refractivity (Wildman–Crippen MR) is 66.0 cm³/mol. The predicted octanol–water partition coefficient (Wildman–Crippen LogP) is 1.66. The van der Waals surface area contributed by atoms with Crippen LogP contribution in [-0.4, -0.2) is 24.9 Å². The van der Waals surface area contributed by atoms with Crippen LogP contribution in [-0.2, 0) is 5.54 Å². The number of para-hydroxylation sites is 1. The van der Waals surface area contributed by atoms with Crippen LogP contribution in [0.15, 0.2) is 24.3 Å². The minimum absolute atomic E-state index is 0.139. The van der Waals surface area contributed by atoms with E-state index in [2.05, 4.69) is 11.4 Å². The molecule has 1 aromatic rings. The van der Waals surface area contributed by atoms with Crippen molar-refractivity contribution in [1.29, 1.82) is 0 Å². The maximum atomic E-state index is 9.80. The van der Waals surface area contributed by atoms with E-state index >= 15 is 0 Å². The van der Waals surface area contributed by atoms with E-state index in [-0.39, 0.29) is 12.1 Å². The summed E-state index contributed by atoms with van der Waals surface area (Å²) in [4.78, 5) is 0. The molecule has 1 saturated carbocycles. The molecule has 2 aliphatic rings. The number of aliphatic hydroxyl groups excluding tert-OH is 1. The number of benzene rings is 1. The van der Waals surface area contributed by atoms with Crippen LogP contribution < -0.4 is 10.1 Å². The van der Waals surface area contributed by atoms with E-state index in [0.717, 1.165) is 30.2 Å². The van der Waals surface area contributed by atoms with Crippen molar-refractivity contribution < 1.29 is 9.84 Å². The first-order valence-electron chi connectivity index (χ1n) is 6.42. The van der Waals surface area contributed by atoms with Gasteiger partial charge in [0.2, 0.25) is 0 Å². The number of ether oxygens (including phenoxy) is 1. The summed E-state index contributed by atoms with van der Waals surface area (Å²) in [6.07, 6.45) is 3.49. The van der Waals surface area contributed by atoms with Gasteiger partial charge < -0.3 is 15.2 Å². The van der Waals surface area contributed by atoms with Gasteiger partial charge >= 0.3 is 0 Å². The second-order valence-electron chi connectivity index (χ2n) is 5.16. The van der Waals surface area contributed by atoms with Crippen molar-refractivity contribution in [2.75, 3.05) is 19.8 Å².